The maximum atomic E-state index is 14.4. The summed E-state index contributed by atoms with van der Waals surface area (Å²) in [5.41, 5.74) is -0.538. The minimum Gasteiger partial charge on any atom is -0.465 e. The van der Waals surface area contributed by atoms with Crippen molar-refractivity contribution in [2.75, 3.05) is 11.9 Å². The molecule has 0 unspecified atom stereocenters. The van der Waals surface area contributed by atoms with Gasteiger partial charge >= 0.3 is 0 Å². The number of nitrogens with zero attached hydrogens (tertiary/aromatic N) is 2. The molecular formula is C35H39F2N5O6S2. The Bertz CT molecular complexity index is 1930. The van der Waals surface area contributed by atoms with Crippen molar-refractivity contribution in [2.24, 2.45) is 5.92 Å². The van der Waals surface area contributed by atoms with Crippen LogP contribution in [0.3, 0.4) is 0 Å². The average molecular weight is 728 g/mol. The van der Waals surface area contributed by atoms with E-state index in [1.54, 1.807) is 6.92 Å². The lowest BCUT2D eigenvalue weighted by molar-refractivity contribution is -0.140. The maximum Gasteiger partial charge on any atom is 0.274 e. The summed E-state index contributed by atoms with van der Waals surface area (Å²) >= 11 is 1.34. The lowest BCUT2D eigenvalue weighted by atomic mass is 10.0. The van der Waals surface area contributed by atoms with Gasteiger partial charge in [-0.15, -0.1) is 0 Å². The van der Waals surface area contributed by atoms with E-state index in [0.29, 0.717) is 37.3 Å². The highest BCUT2D eigenvalue weighted by Crippen LogP contribution is 2.47. The molecule has 3 aromatic rings. The molecule has 0 bridgehead atoms. The standard InChI is InChI=1S/C35H39F2N5O6S2/c1-34(15-16-34)50(46,47)41-32(45)35-19-21(35)9-5-3-2-4-6-11-27(38-22-13-14-24(36)25(37)17-22)31(44)42-20-23(18-28(42)30(43)40-35)48-33-39-26-10-7-8-12-29(26)49-33/h5,7-10,12-14,17,21,23,27-28,38H,2-4,6,11,15-16,18-20H2,1H3,(H,40,43)(H,41,45)/b9-5-/t21-,23-,27+,28+,35-/m1/s1. The van der Waals surface area contributed by atoms with Gasteiger partial charge in [-0.25, -0.2) is 22.2 Å². The number of para-hydroxylation sites is 1. The van der Waals surface area contributed by atoms with E-state index in [0.717, 1.165) is 35.2 Å². The summed E-state index contributed by atoms with van der Waals surface area (Å²) in [7, 11) is -3.98. The van der Waals surface area contributed by atoms with Gasteiger partial charge in [0.25, 0.3) is 11.1 Å². The predicted molar refractivity (Wildman–Crippen MR) is 184 cm³/mol. The number of ether oxygens (including phenoxy) is 1. The Kier molecular flexibility index (Phi) is 9.08. The summed E-state index contributed by atoms with van der Waals surface area (Å²) in [6, 6.07) is 8.89. The van der Waals surface area contributed by atoms with E-state index in [4.69, 9.17) is 4.74 Å². The number of rotatable bonds is 7. The molecule has 5 atom stereocenters. The fourth-order valence-corrected chi connectivity index (χ4v) is 8.97. The second kappa shape index (κ2) is 13.2. The molecule has 266 valence electrons. The fraction of sp³-hybridized carbons (Fsp3) is 0.486. The van der Waals surface area contributed by atoms with Gasteiger partial charge in [0, 0.05) is 24.1 Å². The first-order valence-corrected chi connectivity index (χ1v) is 19.3. The third-order valence-corrected chi connectivity index (χ3v) is 13.4. The van der Waals surface area contributed by atoms with Gasteiger partial charge in [-0.05, 0) is 69.7 Å². The largest absolute Gasteiger partial charge is 0.465 e. The molecular weight excluding hydrogens is 689 g/mol. The fourth-order valence-electron chi connectivity index (χ4n) is 6.78. The highest BCUT2D eigenvalue weighted by molar-refractivity contribution is 7.91. The maximum absolute atomic E-state index is 14.4. The molecule has 7 rings (SSSR count). The molecule has 3 fully saturated rings. The number of thiazole rings is 1. The number of hydrogen-bond donors (Lipinski definition) is 3. The van der Waals surface area contributed by atoms with Gasteiger partial charge in [0.1, 0.15) is 23.7 Å². The van der Waals surface area contributed by atoms with Crippen molar-refractivity contribution in [3.63, 3.8) is 0 Å². The Morgan fingerprint density at radius 2 is 1.90 bits per heavy atom. The van der Waals surface area contributed by atoms with Gasteiger partial charge in [0.15, 0.2) is 11.6 Å². The molecule has 50 heavy (non-hydrogen) atoms. The van der Waals surface area contributed by atoms with Crippen molar-refractivity contribution in [1.29, 1.82) is 0 Å². The highest BCUT2D eigenvalue weighted by Gasteiger charge is 2.63. The molecule has 3 N–H and O–H groups in total. The molecule has 2 aromatic carbocycles. The third-order valence-electron chi connectivity index (χ3n) is 10.3. The summed E-state index contributed by atoms with van der Waals surface area (Å²) in [5.74, 6) is -4.35. The summed E-state index contributed by atoms with van der Waals surface area (Å²) in [5, 5.41) is 6.31. The number of aromatic nitrogens is 1. The Morgan fingerprint density at radius 1 is 1.10 bits per heavy atom. The molecule has 1 aromatic heterocycles. The molecule has 1 saturated heterocycles. The van der Waals surface area contributed by atoms with E-state index in [-0.39, 0.29) is 25.1 Å². The zero-order valence-corrected chi connectivity index (χ0v) is 29.1. The third kappa shape index (κ3) is 6.81. The van der Waals surface area contributed by atoms with E-state index in [9.17, 15) is 31.6 Å². The number of carbonyl (C=O) groups excluding carboxylic acids is 3. The highest BCUT2D eigenvalue weighted by atomic mass is 32.2. The summed E-state index contributed by atoms with van der Waals surface area (Å²) in [6.45, 7) is 1.61. The van der Waals surface area contributed by atoms with Crippen LogP contribution in [0.1, 0.15) is 64.7 Å². The van der Waals surface area contributed by atoms with Gasteiger partial charge < -0.3 is 20.3 Å². The molecule has 2 aliphatic carbocycles. The van der Waals surface area contributed by atoms with Crippen LogP contribution in [0, 0.1) is 17.6 Å². The van der Waals surface area contributed by atoms with Crippen LogP contribution >= 0.6 is 11.3 Å². The van der Waals surface area contributed by atoms with Gasteiger partial charge in [-0.2, -0.15) is 0 Å². The number of anilines is 1. The van der Waals surface area contributed by atoms with Crippen LogP contribution < -0.4 is 20.1 Å². The summed E-state index contributed by atoms with van der Waals surface area (Å²) in [6.07, 6.45) is 7.58. The van der Waals surface area contributed by atoms with E-state index in [1.165, 1.54) is 22.3 Å². The quantitative estimate of drug-likeness (QED) is 0.295. The number of benzene rings is 2. The number of carbonyl (C=O) groups is 3. The van der Waals surface area contributed by atoms with Gasteiger partial charge in [0.2, 0.25) is 21.8 Å². The zero-order chi connectivity index (χ0) is 35.3. The van der Waals surface area contributed by atoms with Gasteiger partial charge in [-0.3, -0.25) is 19.1 Å². The summed E-state index contributed by atoms with van der Waals surface area (Å²) in [4.78, 5) is 48.3. The Balaban J connectivity index is 1.19. The molecule has 2 saturated carbocycles. The van der Waals surface area contributed by atoms with Crippen LogP contribution in [0.25, 0.3) is 10.2 Å². The topological polar surface area (TPSA) is 147 Å². The monoisotopic (exact) mass is 727 g/mol. The molecule has 0 spiro atoms. The average Bonchev–Trinajstić information content (AvgIpc) is 3.88. The van der Waals surface area contributed by atoms with Crippen LogP contribution in [0.15, 0.2) is 54.6 Å². The molecule has 11 nitrogen and oxygen atoms in total. The normalized spacial score (nSPS) is 28.7. The first-order chi connectivity index (χ1) is 23.9. The SMILES string of the molecule is CC1(S(=O)(=O)NC(=O)[C@@]23C[C@H]2/C=C\CCCCC[C@H](Nc2ccc(F)c(F)c2)C(=O)N2C[C@H](Oc4nc5ccccc5s4)C[C@H]2C(=O)N3)CC1. The second-order valence-corrected chi connectivity index (χ2v) is 17.2. The van der Waals surface area contributed by atoms with E-state index < -0.39 is 73.8 Å². The Labute approximate surface area is 292 Å². The Morgan fingerprint density at radius 3 is 2.66 bits per heavy atom. The molecule has 0 radical (unpaired) electrons. The predicted octanol–water partition coefficient (Wildman–Crippen LogP) is 4.80. The van der Waals surface area contributed by atoms with Crippen LogP contribution in [0.4, 0.5) is 14.5 Å². The Hall–Kier alpha value is -4.11. The van der Waals surface area contributed by atoms with Crippen LogP contribution in [0.5, 0.6) is 5.19 Å². The van der Waals surface area contributed by atoms with Crippen molar-refractivity contribution >= 4 is 55.0 Å². The van der Waals surface area contributed by atoms with Crippen LogP contribution in [0.2, 0.25) is 0 Å². The molecule has 15 heteroatoms. The molecule has 2 aliphatic heterocycles. The first-order valence-electron chi connectivity index (χ1n) is 17.0. The summed E-state index contributed by atoms with van der Waals surface area (Å²) < 4.78 is 62.4. The van der Waals surface area contributed by atoms with Crippen LogP contribution in [-0.4, -0.2) is 71.0 Å². The second-order valence-electron chi connectivity index (χ2n) is 14.0. The minimum atomic E-state index is -3.98. The van der Waals surface area contributed by atoms with E-state index >= 15 is 0 Å². The van der Waals surface area contributed by atoms with Crippen molar-refractivity contribution in [1.82, 2.24) is 19.9 Å². The molecule has 3 amide bonds. The number of halogens is 2. The number of allylic oxidation sites excluding steroid dienone is 1. The van der Waals surface area contributed by atoms with Crippen LogP contribution in [-0.2, 0) is 24.4 Å². The molecule has 3 heterocycles. The number of sulfonamides is 1. The minimum absolute atomic E-state index is 0.0259. The number of hydrogen-bond acceptors (Lipinski definition) is 9. The first kappa shape index (κ1) is 34.3. The van der Waals surface area contributed by atoms with Gasteiger partial charge in [-0.1, -0.05) is 48.5 Å². The van der Waals surface area contributed by atoms with E-state index in [1.807, 2.05) is 36.4 Å². The van der Waals surface area contributed by atoms with Gasteiger partial charge in [0.05, 0.1) is 21.5 Å². The number of nitrogens with one attached hydrogen (secondary N) is 3. The lowest BCUT2D eigenvalue weighted by Crippen LogP contribution is -2.58. The zero-order valence-electron chi connectivity index (χ0n) is 27.5. The van der Waals surface area contributed by atoms with Crippen molar-refractivity contribution in [3.05, 3.63) is 66.3 Å². The number of amides is 3. The van der Waals surface area contributed by atoms with Crippen molar-refractivity contribution in [3.8, 4) is 5.19 Å². The van der Waals surface area contributed by atoms with Crippen molar-refractivity contribution in [2.45, 2.75) is 93.2 Å². The van der Waals surface area contributed by atoms with E-state index in [2.05, 4.69) is 20.3 Å². The lowest BCUT2D eigenvalue weighted by Gasteiger charge is -2.30. The molecule has 4 aliphatic rings. The smallest absolute Gasteiger partial charge is 0.274 e. The number of fused-ring (bicyclic) bond motifs is 3. The van der Waals surface area contributed by atoms with Crippen molar-refractivity contribution < 1.29 is 36.3 Å².